The second kappa shape index (κ2) is 8.47. The molecule has 0 saturated heterocycles. The summed E-state index contributed by atoms with van der Waals surface area (Å²) in [5.41, 5.74) is 1.03. The smallest absolute Gasteiger partial charge is 0.338 e. The maximum absolute atomic E-state index is 11.7. The van der Waals surface area contributed by atoms with Crippen LogP contribution in [-0.4, -0.2) is 19.7 Å². The fourth-order valence-electron chi connectivity index (χ4n) is 2.00. The highest BCUT2D eigenvalue weighted by atomic mass is 35.5. The van der Waals surface area contributed by atoms with Crippen molar-refractivity contribution in [1.29, 1.82) is 0 Å². The van der Waals surface area contributed by atoms with Gasteiger partial charge >= 0.3 is 5.97 Å². The van der Waals surface area contributed by atoms with Crippen molar-refractivity contribution in [2.45, 2.75) is 13.5 Å². The summed E-state index contributed by atoms with van der Waals surface area (Å²) < 4.78 is 16.0. The molecule has 0 atom stereocenters. The molecule has 2 aromatic carbocycles. The molecule has 0 unspecified atom stereocenters. The number of hydrogen-bond acceptors (Lipinski definition) is 4. The van der Waals surface area contributed by atoms with Crippen molar-refractivity contribution in [3.8, 4) is 11.5 Å². The second-order valence-electron chi connectivity index (χ2n) is 4.73. The Bertz CT molecular complexity index is 747. The van der Waals surface area contributed by atoms with E-state index in [1.165, 1.54) is 19.2 Å². The molecular formula is C17H15Cl3O4. The summed E-state index contributed by atoms with van der Waals surface area (Å²) in [6.45, 7) is 2.38. The van der Waals surface area contributed by atoms with Crippen LogP contribution in [0, 0.1) is 0 Å². The van der Waals surface area contributed by atoms with Crippen molar-refractivity contribution in [3.05, 3.63) is 56.5 Å². The Balaban J connectivity index is 2.29. The van der Waals surface area contributed by atoms with Gasteiger partial charge in [-0.3, -0.25) is 0 Å². The molecule has 7 heteroatoms. The van der Waals surface area contributed by atoms with E-state index in [9.17, 15) is 4.79 Å². The van der Waals surface area contributed by atoms with Gasteiger partial charge in [0.1, 0.15) is 6.61 Å². The van der Waals surface area contributed by atoms with E-state index in [1.807, 2.05) is 6.92 Å². The molecule has 2 rings (SSSR count). The van der Waals surface area contributed by atoms with Crippen LogP contribution in [0.4, 0.5) is 0 Å². The van der Waals surface area contributed by atoms with E-state index in [4.69, 9.17) is 49.0 Å². The highest BCUT2D eigenvalue weighted by Crippen LogP contribution is 2.38. The third kappa shape index (κ3) is 4.47. The van der Waals surface area contributed by atoms with E-state index >= 15 is 0 Å². The van der Waals surface area contributed by atoms with Crippen LogP contribution in [0.3, 0.4) is 0 Å². The van der Waals surface area contributed by atoms with Crippen LogP contribution >= 0.6 is 34.8 Å². The molecule has 0 N–H and O–H groups in total. The van der Waals surface area contributed by atoms with Crippen LogP contribution in [0.1, 0.15) is 22.8 Å². The maximum Gasteiger partial charge on any atom is 0.338 e. The summed E-state index contributed by atoms with van der Waals surface area (Å²) in [6.07, 6.45) is 0. The van der Waals surface area contributed by atoms with Gasteiger partial charge in [0.25, 0.3) is 0 Å². The fourth-order valence-corrected chi connectivity index (χ4v) is 2.72. The molecule has 24 heavy (non-hydrogen) atoms. The van der Waals surface area contributed by atoms with Crippen LogP contribution in [-0.2, 0) is 11.3 Å². The number of methoxy groups -OCH3 is 1. The third-order valence-corrected chi connectivity index (χ3v) is 3.99. The summed E-state index contributed by atoms with van der Waals surface area (Å²) in [5, 5.41) is 1.27. The van der Waals surface area contributed by atoms with E-state index in [0.717, 1.165) is 5.56 Å². The Labute approximate surface area is 155 Å². The van der Waals surface area contributed by atoms with Crippen LogP contribution in [0.25, 0.3) is 0 Å². The van der Waals surface area contributed by atoms with Crippen molar-refractivity contribution in [1.82, 2.24) is 0 Å². The number of halogens is 3. The van der Waals surface area contributed by atoms with E-state index in [-0.39, 0.29) is 17.2 Å². The average molecular weight is 390 g/mol. The summed E-state index contributed by atoms with van der Waals surface area (Å²) in [6, 6.07) is 8.11. The first-order valence-corrected chi connectivity index (χ1v) is 8.21. The first-order valence-electron chi connectivity index (χ1n) is 7.07. The monoisotopic (exact) mass is 388 g/mol. The molecule has 0 saturated carbocycles. The molecule has 4 nitrogen and oxygen atoms in total. The molecule has 0 aliphatic carbocycles. The van der Waals surface area contributed by atoms with Gasteiger partial charge in [-0.25, -0.2) is 4.79 Å². The largest absolute Gasteiger partial charge is 0.490 e. The summed E-state index contributed by atoms with van der Waals surface area (Å²) >= 11 is 18.2. The summed E-state index contributed by atoms with van der Waals surface area (Å²) in [7, 11) is 1.30. The molecule has 128 valence electrons. The minimum absolute atomic E-state index is 0.174. The van der Waals surface area contributed by atoms with Crippen molar-refractivity contribution < 1.29 is 19.0 Å². The first-order chi connectivity index (χ1) is 11.5. The van der Waals surface area contributed by atoms with Gasteiger partial charge in [-0.1, -0.05) is 40.9 Å². The molecule has 0 fully saturated rings. The normalized spacial score (nSPS) is 10.4. The van der Waals surface area contributed by atoms with E-state index < -0.39 is 5.97 Å². The topological polar surface area (TPSA) is 44.8 Å². The van der Waals surface area contributed by atoms with Gasteiger partial charge in [0, 0.05) is 15.6 Å². The quantitative estimate of drug-likeness (QED) is 0.620. The fraction of sp³-hybridized carbons (Fsp3) is 0.235. The molecular weight excluding hydrogens is 375 g/mol. The lowest BCUT2D eigenvalue weighted by atomic mass is 10.2. The van der Waals surface area contributed by atoms with Gasteiger partial charge < -0.3 is 14.2 Å². The molecule has 0 aliphatic heterocycles. The lowest BCUT2D eigenvalue weighted by molar-refractivity contribution is 0.0600. The lowest BCUT2D eigenvalue weighted by Gasteiger charge is -2.15. The third-order valence-electron chi connectivity index (χ3n) is 3.12. The number of ether oxygens (including phenoxy) is 3. The predicted molar refractivity (Wildman–Crippen MR) is 94.8 cm³/mol. The number of carbonyl (C=O) groups excluding carboxylic acids is 1. The Morgan fingerprint density at radius 3 is 2.42 bits per heavy atom. The standard InChI is InChI=1S/C17H15Cl3O4/c1-3-23-15-7-11(17(21)22-2)6-14(20)16(15)24-9-10-4-5-12(18)8-13(10)19/h4-8H,3,9H2,1-2H3. The van der Waals surface area contributed by atoms with E-state index in [0.29, 0.717) is 28.2 Å². The zero-order chi connectivity index (χ0) is 17.7. The molecule has 0 radical (unpaired) electrons. The zero-order valence-corrected chi connectivity index (χ0v) is 15.3. The van der Waals surface area contributed by atoms with Crippen molar-refractivity contribution in [3.63, 3.8) is 0 Å². The van der Waals surface area contributed by atoms with Crippen molar-refractivity contribution in [2.24, 2.45) is 0 Å². The molecule has 0 amide bonds. The molecule has 0 aliphatic rings. The number of carbonyl (C=O) groups is 1. The zero-order valence-electron chi connectivity index (χ0n) is 13.1. The van der Waals surface area contributed by atoms with Crippen LogP contribution in [0.2, 0.25) is 15.1 Å². The molecule has 0 aromatic heterocycles. The Kier molecular flexibility index (Phi) is 6.60. The Hall–Kier alpha value is -1.62. The summed E-state index contributed by atoms with van der Waals surface area (Å²) in [4.78, 5) is 11.7. The van der Waals surface area contributed by atoms with Crippen LogP contribution in [0.15, 0.2) is 30.3 Å². The van der Waals surface area contributed by atoms with Gasteiger partial charge in [-0.15, -0.1) is 0 Å². The number of hydrogen-bond donors (Lipinski definition) is 0. The maximum atomic E-state index is 11.7. The lowest BCUT2D eigenvalue weighted by Crippen LogP contribution is -2.05. The SMILES string of the molecule is CCOc1cc(C(=O)OC)cc(Cl)c1OCc1ccc(Cl)cc1Cl. The van der Waals surface area contributed by atoms with Crippen LogP contribution < -0.4 is 9.47 Å². The van der Waals surface area contributed by atoms with Gasteiger partial charge in [0.05, 0.1) is 24.3 Å². The van der Waals surface area contributed by atoms with Gasteiger partial charge in [0.2, 0.25) is 0 Å². The van der Waals surface area contributed by atoms with Crippen molar-refractivity contribution in [2.75, 3.05) is 13.7 Å². The Morgan fingerprint density at radius 2 is 1.79 bits per heavy atom. The first kappa shape index (κ1) is 18.7. The highest BCUT2D eigenvalue weighted by molar-refractivity contribution is 6.35. The minimum atomic E-state index is -0.509. The average Bonchev–Trinajstić information content (AvgIpc) is 2.55. The van der Waals surface area contributed by atoms with Gasteiger partial charge in [0.15, 0.2) is 11.5 Å². The Morgan fingerprint density at radius 1 is 1.04 bits per heavy atom. The van der Waals surface area contributed by atoms with Gasteiger partial charge in [-0.05, 0) is 31.2 Å². The second-order valence-corrected chi connectivity index (χ2v) is 5.99. The number of benzene rings is 2. The number of rotatable bonds is 6. The predicted octanol–water partition coefficient (Wildman–Crippen LogP) is 5.41. The van der Waals surface area contributed by atoms with E-state index in [2.05, 4.69) is 0 Å². The molecule has 2 aromatic rings. The van der Waals surface area contributed by atoms with Gasteiger partial charge in [-0.2, -0.15) is 0 Å². The summed E-state index contributed by atoms with van der Waals surface area (Å²) in [5.74, 6) is 0.179. The van der Waals surface area contributed by atoms with E-state index in [1.54, 1.807) is 18.2 Å². The number of esters is 1. The highest BCUT2D eigenvalue weighted by Gasteiger charge is 2.17. The molecule has 0 spiro atoms. The minimum Gasteiger partial charge on any atom is -0.490 e. The van der Waals surface area contributed by atoms with Crippen molar-refractivity contribution >= 4 is 40.8 Å². The molecule has 0 bridgehead atoms. The molecule has 0 heterocycles. The van der Waals surface area contributed by atoms with Crippen LogP contribution in [0.5, 0.6) is 11.5 Å².